The van der Waals surface area contributed by atoms with Gasteiger partial charge in [-0.2, -0.15) is 0 Å². The van der Waals surface area contributed by atoms with E-state index in [-0.39, 0.29) is 16.7 Å². The zero-order valence-electron chi connectivity index (χ0n) is 10.8. The lowest BCUT2D eigenvalue weighted by atomic mass is 10.1. The zero-order chi connectivity index (χ0) is 14.8. The molecule has 4 nitrogen and oxygen atoms in total. The molecule has 0 radical (unpaired) electrons. The third-order valence-corrected chi connectivity index (χ3v) is 4.97. The van der Waals surface area contributed by atoms with Gasteiger partial charge in [-0.25, -0.2) is 8.42 Å². The van der Waals surface area contributed by atoms with Crippen LogP contribution in [-0.4, -0.2) is 14.3 Å². The van der Waals surface area contributed by atoms with Crippen molar-refractivity contribution in [3.63, 3.8) is 0 Å². The van der Waals surface area contributed by atoms with Crippen molar-refractivity contribution in [2.24, 2.45) is 5.92 Å². The molecule has 0 heterocycles. The van der Waals surface area contributed by atoms with Crippen molar-refractivity contribution in [2.45, 2.75) is 32.1 Å². The number of aryl methyl sites for hydroxylation is 1. The Bertz CT molecular complexity index is 601. The number of carbonyl (C=O) groups excluding carboxylic acids is 1. The van der Waals surface area contributed by atoms with E-state index in [1.54, 1.807) is 13.0 Å². The Hall–Kier alpha value is -0.590. The van der Waals surface area contributed by atoms with Crippen LogP contribution in [-0.2, 0) is 13.8 Å². The molecule has 1 aromatic carbocycles. The second kappa shape index (κ2) is 6.24. The Balaban J connectivity index is 3.14. The molecule has 0 saturated heterocycles. The van der Waals surface area contributed by atoms with Crippen LogP contribution in [0.2, 0.25) is 0 Å². The molecule has 0 aliphatic carbocycles. The van der Waals surface area contributed by atoms with Crippen molar-refractivity contribution < 1.29 is 13.2 Å². The molecule has 1 N–H and O–H groups in total. The number of hydrogen-bond donors (Lipinski definition) is 1. The molecule has 19 heavy (non-hydrogen) atoms. The summed E-state index contributed by atoms with van der Waals surface area (Å²) < 4.78 is 23.2. The van der Waals surface area contributed by atoms with E-state index in [0.717, 1.165) is 6.42 Å². The maximum Gasteiger partial charge on any atom is 0.261 e. The van der Waals surface area contributed by atoms with E-state index in [1.165, 1.54) is 6.07 Å². The summed E-state index contributed by atoms with van der Waals surface area (Å²) >= 11 is 3.24. The highest BCUT2D eigenvalue weighted by atomic mass is 79.9. The van der Waals surface area contributed by atoms with Gasteiger partial charge in [0.15, 0.2) is 0 Å². The van der Waals surface area contributed by atoms with Crippen molar-refractivity contribution in [3.8, 4) is 0 Å². The smallest absolute Gasteiger partial charge is 0.261 e. The highest BCUT2D eigenvalue weighted by Gasteiger charge is 2.18. The molecule has 1 aromatic rings. The summed E-state index contributed by atoms with van der Waals surface area (Å²) in [6, 6.07) is 2.98. The third kappa shape index (κ3) is 4.19. The van der Waals surface area contributed by atoms with Gasteiger partial charge in [0.05, 0.1) is 10.6 Å². The number of anilines is 1. The second-order valence-corrected chi connectivity index (χ2v) is 7.72. The summed E-state index contributed by atoms with van der Waals surface area (Å²) in [6.07, 6.45) is 0.733. The third-order valence-electron chi connectivity index (χ3n) is 2.85. The van der Waals surface area contributed by atoms with Crippen LogP contribution >= 0.6 is 26.6 Å². The van der Waals surface area contributed by atoms with Gasteiger partial charge >= 0.3 is 0 Å². The SMILES string of the molecule is CCC(C)C(=O)Nc1cc(C)c(S(=O)(=O)Cl)cc1Br. The molecular weight excluding hydrogens is 354 g/mol. The number of rotatable bonds is 4. The van der Waals surface area contributed by atoms with E-state index in [9.17, 15) is 13.2 Å². The van der Waals surface area contributed by atoms with Crippen LogP contribution in [0.15, 0.2) is 21.5 Å². The minimum atomic E-state index is -3.79. The van der Waals surface area contributed by atoms with E-state index in [4.69, 9.17) is 10.7 Å². The van der Waals surface area contributed by atoms with Gasteiger partial charge < -0.3 is 5.32 Å². The number of benzene rings is 1. The average Bonchev–Trinajstić information content (AvgIpc) is 2.30. The molecule has 0 spiro atoms. The summed E-state index contributed by atoms with van der Waals surface area (Å²) in [7, 11) is 1.54. The molecule has 1 atom stereocenters. The summed E-state index contributed by atoms with van der Waals surface area (Å²) in [4.78, 5) is 11.8. The van der Waals surface area contributed by atoms with E-state index in [2.05, 4.69) is 21.2 Å². The Labute approximate surface area is 126 Å². The summed E-state index contributed by atoms with van der Waals surface area (Å²) in [6.45, 7) is 5.38. The van der Waals surface area contributed by atoms with Gasteiger partial charge in [-0.05, 0) is 47.0 Å². The van der Waals surface area contributed by atoms with Crippen molar-refractivity contribution >= 4 is 47.3 Å². The predicted octanol–water partition coefficient (Wildman–Crippen LogP) is 3.67. The average molecular weight is 369 g/mol. The molecule has 0 fully saturated rings. The van der Waals surface area contributed by atoms with E-state index in [1.807, 2.05) is 13.8 Å². The van der Waals surface area contributed by atoms with Gasteiger partial charge in [-0.1, -0.05) is 13.8 Å². The summed E-state index contributed by atoms with van der Waals surface area (Å²) in [5.74, 6) is -0.215. The fourth-order valence-corrected chi connectivity index (χ4v) is 3.26. The number of nitrogens with one attached hydrogen (secondary N) is 1. The summed E-state index contributed by atoms with van der Waals surface area (Å²) in [5, 5.41) is 2.76. The molecule has 1 amide bonds. The van der Waals surface area contributed by atoms with Crippen molar-refractivity contribution in [3.05, 3.63) is 22.2 Å². The molecule has 106 valence electrons. The molecule has 1 rings (SSSR count). The lowest BCUT2D eigenvalue weighted by molar-refractivity contribution is -0.119. The number of halogens is 2. The number of hydrogen-bond acceptors (Lipinski definition) is 3. The standard InChI is InChI=1S/C12H15BrClNO3S/c1-4-7(2)12(16)15-10-5-8(3)11(6-9(10)13)19(14,17)18/h5-7H,4H2,1-3H3,(H,15,16). The minimum Gasteiger partial charge on any atom is -0.325 e. The van der Waals surface area contributed by atoms with Gasteiger partial charge in [0, 0.05) is 21.1 Å². The highest BCUT2D eigenvalue weighted by molar-refractivity contribution is 9.10. The van der Waals surface area contributed by atoms with Gasteiger partial charge in [-0.15, -0.1) is 0 Å². The monoisotopic (exact) mass is 367 g/mol. The Morgan fingerprint density at radius 1 is 1.47 bits per heavy atom. The van der Waals surface area contributed by atoms with Gasteiger partial charge in [0.1, 0.15) is 0 Å². The van der Waals surface area contributed by atoms with Gasteiger partial charge in [0.25, 0.3) is 9.05 Å². The first-order chi connectivity index (χ1) is 8.66. The first kappa shape index (κ1) is 16.5. The fraction of sp³-hybridized carbons (Fsp3) is 0.417. The molecule has 0 bridgehead atoms. The largest absolute Gasteiger partial charge is 0.325 e. The van der Waals surface area contributed by atoms with E-state index in [0.29, 0.717) is 15.7 Å². The molecule has 0 aliphatic heterocycles. The maximum absolute atomic E-state index is 11.8. The van der Waals surface area contributed by atoms with Crippen LogP contribution in [0.5, 0.6) is 0 Å². The molecule has 0 aliphatic rings. The highest BCUT2D eigenvalue weighted by Crippen LogP contribution is 2.30. The van der Waals surface area contributed by atoms with Crippen LogP contribution < -0.4 is 5.32 Å². The maximum atomic E-state index is 11.8. The van der Waals surface area contributed by atoms with Crippen LogP contribution in [0.1, 0.15) is 25.8 Å². The lowest BCUT2D eigenvalue weighted by Crippen LogP contribution is -2.20. The molecule has 0 saturated carbocycles. The fourth-order valence-electron chi connectivity index (χ4n) is 1.46. The van der Waals surface area contributed by atoms with Crippen molar-refractivity contribution in [1.82, 2.24) is 0 Å². The molecule has 1 unspecified atom stereocenters. The van der Waals surface area contributed by atoms with Crippen LogP contribution in [0.25, 0.3) is 0 Å². The lowest BCUT2D eigenvalue weighted by Gasteiger charge is -2.13. The van der Waals surface area contributed by atoms with Crippen LogP contribution in [0.4, 0.5) is 5.69 Å². The quantitative estimate of drug-likeness (QED) is 0.825. The number of amides is 1. The normalized spacial score (nSPS) is 13.1. The first-order valence-electron chi connectivity index (χ1n) is 5.72. The van der Waals surface area contributed by atoms with E-state index >= 15 is 0 Å². The second-order valence-electron chi connectivity index (χ2n) is 4.33. The Morgan fingerprint density at radius 3 is 2.53 bits per heavy atom. The first-order valence-corrected chi connectivity index (χ1v) is 8.82. The van der Waals surface area contributed by atoms with Crippen molar-refractivity contribution in [2.75, 3.05) is 5.32 Å². The van der Waals surface area contributed by atoms with Crippen LogP contribution in [0.3, 0.4) is 0 Å². The van der Waals surface area contributed by atoms with E-state index < -0.39 is 9.05 Å². The van der Waals surface area contributed by atoms with Crippen LogP contribution in [0, 0.1) is 12.8 Å². The van der Waals surface area contributed by atoms with Gasteiger partial charge in [0.2, 0.25) is 5.91 Å². The van der Waals surface area contributed by atoms with Gasteiger partial charge in [-0.3, -0.25) is 4.79 Å². The predicted molar refractivity (Wildman–Crippen MR) is 80.0 cm³/mol. The number of carbonyl (C=O) groups is 1. The topological polar surface area (TPSA) is 63.2 Å². The Morgan fingerprint density at radius 2 is 2.05 bits per heavy atom. The molecular formula is C12H15BrClNO3S. The molecule has 0 aromatic heterocycles. The Kier molecular flexibility index (Phi) is 5.41. The minimum absolute atomic E-state index is 0.0302. The summed E-state index contributed by atoms with van der Waals surface area (Å²) in [5.41, 5.74) is 1.02. The van der Waals surface area contributed by atoms with Crippen molar-refractivity contribution in [1.29, 1.82) is 0 Å². The molecule has 7 heteroatoms. The zero-order valence-corrected chi connectivity index (χ0v) is 14.0.